The molecule has 5 heteroatoms. The Hall–Kier alpha value is -1.10. The minimum Gasteiger partial charge on any atom is -0.474 e. The highest BCUT2D eigenvalue weighted by Gasteiger charge is 2.12. The SMILES string of the molecule is CC(CN)NC(=O)C(=O)O. The predicted octanol–water partition coefficient (Wildman–Crippen LogP) is -1.47. The first kappa shape index (κ1) is 8.90. The molecule has 10 heavy (non-hydrogen) atoms. The Morgan fingerprint density at radius 1 is 1.70 bits per heavy atom. The quantitative estimate of drug-likeness (QED) is 0.415. The highest BCUT2D eigenvalue weighted by atomic mass is 16.4. The Morgan fingerprint density at radius 3 is 2.50 bits per heavy atom. The second kappa shape index (κ2) is 3.84. The van der Waals surface area contributed by atoms with E-state index in [1.54, 1.807) is 6.92 Å². The normalized spacial score (nSPS) is 12.2. The second-order valence-corrected chi connectivity index (χ2v) is 1.92. The lowest BCUT2D eigenvalue weighted by molar-refractivity contribution is -0.150. The van der Waals surface area contributed by atoms with Gasteiger partial charge in [0, 0.05) is 12.6 Å². The molecule has 0 aromatic heterocycles. The molecule has 0 spiro atoms. The number of amides is 1. The topological polar surface area (TPSA) is 92.4 Å². The van der Waals surface area contributed by atoms with Crippen LogP contribution in [0.4, 0.5) is 0 Å². The summed E-state index contributed by atoms with van der Waals surface area (Å²) in [4.78, 5) is 20.2. The predicted molar refractivity (Wildman–Crippen MR) is 34.3 cm³/mol. The summed E-state index contributed by atoms with van der Waals surface area (Å²) in [5.41, 5.74) is 5.11. The van der Waals surface area contributed by atoms with Crippen molar-refractivity contribution in [3.63, 3.8) is 0 Å². The zero-order valence-electron chi connectivity index (χ0n) is 5.63. The Morgan fingerprint density at radius 2 is 2.20 bits per heavy atom. The standard InChI is InChI=1S/C5H10N2O3/c1-3(2-6)7-4(8)5(9)10/h3H,2,6H2,1H3,(H,7,8)(H,9,10). The molecule has 0 rings (SSSR count). The van der Waals surface area contributed by atoms with Crippen molar-refractivity contribution in [1.29, 1.82) is 0 Å². The van der Waals surface area contributed by atoms with Gasteiger partial charge in [-0.3, -0.25) is 4.79 Å². The van der Waals surface area contributed by atoms with E-state index in [0.717, 1.165) is 0 Å². The summed E-state index contributed by atoms with van der Waals surface area (Å²) < 4.78 is 0. The van der Waals surface area contributed by atoms with Crippen LogP contribution >= 0.6 is 0 Å². The molecule has 0 aliphatic rings. The highest BCUT2D eigenvalue weighted by Crippen LogP contribution is 1.75. The van der Waals surface area contributed by atoms with Gasteiger partial charge in [-0.2, -0.15) is 0 Å². The average Bonchev–Trinajstić information content (AvgIpc) is 1.87. The van der Waals surface area contributed by atoms with Crippen LogP contribution in [0.15, 0.2) is 0 Å². The maximum Gasteiger partial charge on any atom is 0.394 e. The van der Waals surface area contributed by atoms with E-state index in [2.05, 4.69) is 5.32 Å². The molecule has 0 fully saturated rings. The van der Waals surface area contributed by atoms with Crippen molar-refractivity contribution in [3.8, 4) is 0 Å². The fourth-order valence-corrected chi connectivity index (χ4v) is 0.344. The van der Waals surface area contributed by atoms with Crippen molar-refractivity contribution in [3.05, 3.63) is 0 Å². The summed E-state index contributed by atoms with van der Waals surface area (Å²) in [6.45, 7) is 1.86. The molecule has 5 nitrogen and oxygen atoms in total. The largest absolute Gasteiger partial charge is 0.474 e. The zero-order chi connectivity index (χ0) is 8.15. The lowest BCUT2D eigenvalue weighted by atomic mass is 10.3. The highest BCUT2D eigenvalue weighted by molar-refractivity contribution is 6.31. The van der Waals surface area contributed by atoms with Crippen LogP contribution in [0.2, 0.25) is 0 Å². The number of carboxylic acids is 1. The number of hydrogen-bond acceptors (Lipinski definition) is 3. The minimum absolute atomic E-state index is 0.235. The average molecular weight is 146 g/mol. The van der Waals surface area contributed by atoms with Crippen LogP contribution in [0.5, 0.6) is 0 Å². The summed E-state index contributed by atoms with van der Waals surface area (Å²) in [6, 6.07) is -0.288. The van der Waals surface area contributed by atoms with Gasteiger partial charge < -0.3 is 16.2 Å². The van der Waals surface area contributed by atoms with Gasteiger partial charge in [-0.05, 0) is 6.92 Å². The van der Waals surface area contributed by atoms with Gasteiger partial charge in [0.2, 0.25) is 0 Å². The van der Waals surface area contributed by atoms with Gasteiger partial charge in [-0.25, -0.2) is 4.79 Å². The molecule has 0 aliphatic carbocycles. The van der Waals surface area contributed by atoms with Crippen LogP contribution in [0.25, 0.3) is 0 Å². The summed E-state index contributed by atoms with van der Waals surface area (Å²) in [5, 5.41) is 10.2. The third-order valence-electron chi connectivity index (χ3n) is 0.925. The van der Waals surface area contributed by atoms with Gasteiger partial charge in [0.25, 0.3) is 0 Å². The molecule has 0 aromatic carbocycles. The second-order valence-electron chi connectivity index (χ2n) is 1.92. The van der Waals surface area contributed by atoms with E-state index in [1.807, 2.05) is 0 Å². The summed E-state index contributed by atoms with van der Waals surface area (Å²) >= 11 is 0. The van der Waals surface area contributed by atoms with Gasteiger partial charge >= 0.3 is 11.9 Å². The van der Waals surface area contributed by atoms with Crippen LogP contribution in [-0.4, -0.2) is 29.6 Å². The minimum atomic E-state index is -1.49. The Balaban J connectivity index is 3.68. The fraction of sp³-hybridized carbons (Fsp3) is 0.600. The molecule has 0 bridgehead atoms. The Labute approximate surface area is 58.2 Å². The number of nitrogens with one attached hydrogen (secondary N) is 1. The van der Waals surface area contributed by atoms with E-state index in [9.17, 15) is 9.59 Å². The number of hydrogen-bond donors (Lipinski definition) is 3. The number of carbonyl (C=O) groups is 2. The number of rotatable bonds is 2. The molecule has 1 unspecified atom stereocenters. The third kappa shape index (κ3) is 3.03. The molecular weight excluding hydrogens is 136 g/mol. The van der Waals surface area contributed by atoms with E-state index < -0.39 is 11.9 Å². The van der Waals surface area contributed by atoms with Crippen molar-refractivity contribution in [2.24, 2.45) is 5.73 Å². The zero-order valence-corrected chi connectivity index (χ0v) is 5.63. The molecule has 1 amide bonds. The molecule has 0 radical (unpaired) electrons. The maximum absolute atomic E-state index is 10.3. The van der Waals surface area contributed by atoms with Crippen LogP contribution in [0, 0.1) is 0 Å². The van der Waals surface area contributed by atoms with Gasteiger partial charge in [-0.15, -0.1) is 0 Å². The molecule has 4 N–H and O–H groups in total. The van der Waals surface area contributed by atoms with E-state index in [0.29, 0.717) is 0 Å². The van der Waals surface area contributed by atoms with Crippen LogP contribution in [-0.2, 0) is 9.59 Å². The van der Waals surface area contributed by atoms with Crippen molar-refractivity contribution in [2.75, 3.05) is 6.54 Å². The maximum atomic E-state index is 10.3. The van der Waals surface area contributed by atoms with Gasteiger partial charge in [0.15, 0.2) is 0 Å². The van der Waals surface area contributed by atoms with Crippen LogP contribution < -0.4 is 11.1 Å². The molecule has 0 saturated heterocycles. The molecule has 0 saturated carbocycles. The molecule has 0 aromatic rings. The molecule has 1 atom stereocenters. The van der Waals surface area contributed by atoms with Crippen LogP contribution in [0.1, 0.15) is 6.92 Å². The van der Waals surface area contributed by atoms with E-state index in [-0.39, 0.29) is 12.6 Å². The van der Waals surface area contributed by atoms with Gasteiger partial charge in [0.1, 0.15) is 0 Å². The molecule has 58 valence electrons. The number of nitrogens with two attached hydrogens (primary N) is 1. The summed E-state index contributed by atoms with van der Waals surface area (Å²) in [5.74, 6) is -2.50. The number of carbonyl (C=O) groups excluding carboxylic acids is 1. The number of aliphatic carboxylic acids is 1. The summed E-state index contributed by atoms with van der Waals surface area (Å²) in [6.07, 6.45) is 0. The smallest absolute Gasteiger partial charge is 0.394 e. The van der Waals surface area contributed by atoms with Crippen molar-refractivity contribution in [1.82, 2.24) is 5.32 Å². The lowest BCUT2D eigenvalue weighted by Gasteiger charge is -2.07. The first-order valence-corrected chi connectivity index (χ1v) is 2.81. The monoisotopic (exact) mass is 146 g/mol. The first-order valence-electron chi connectivity index (χ1n) is 2.81. The first-order chi connectivity index (χ1) is 4.57. The van der Waals surface area contributed by atoms with Crippen molar-refractivity contribution in [2.45, 2.75) is 13.0 Å². The third-order valence-corrected chi connectivity index (χ3v) is 0.925. The van der Waals surface area contributed by atoms with Crippen LogP contribution in [0.3, 0.4) is 0 Å². The van der Waals surface area contributed by atoms with E-state index in [1.165, 1.54) is 0 Å². The summed E-state index contributed by atoms with van der Waals surface area (Å²) in [7, 11) is 0. The number of carboxylic acid groups (broad SMARTS) is 1. The Bertz CT molecular complexity index is 146. The lowest BCUT2D eigenvalue weighted by Crippen LogP contribution is -2.41. The van der Waals surface area contributed by atoms with Crippen molar-refractivity contribution >= 4 is 11.9 Å². The van der Waals surface area contributed by atoms with E-state index in [4.69, 9.17) is 10.8 Å². The van der Waals surface area contributed by atoms with E-state index >= 15 is 0 Å². The van der Waals surface area contributed by atoms with Gasteiger partial charge in [-0.1, -0.05) is 0 Å². The molecule has 0 heterocycles. The Kier molecular flexibility index (Phi) is 3.42. The van der Waals surface area contributed by atoms with Crippen molar-refractivity contribution < 1.29 is 14.7 Å². The fourth-order valence-electron chi connectivity index (χ4n) is 0.344. The molecular formula is C5H10N2O3. The molecule has 0 aliphatic heterocycles. The van der Waals surface area contributed by atoms with Gasteiger partial charge in [0.05, 0.1) is 0 Å².